The molecule has 1 rings (SSSR count). The van der Waals surface area contributed by atoms with Crippen molar-refractivity contribution in [2.24, 2.45) is 0 Å². The number of hydrogen-bond donors (Lipinski definition) is 1. The molecule has 1 N–H and O–H groups in total. The molecule has 0 aromatic heterocycles. The summed E-state index contributed by atoms with van der Waals surface area (Å²) >= 11 is 0. The van der Waals surface area contributed by atoms with Gasteiger partial charge < -0.3 is 14.6 Å². The van der Waals surface area contributed by atoms with Gasteiger partial charge in [0, 0.05) is 6.61 Å². The third kappa shape index (κ3) is 8.22. The Morgan fingerprint density at radius 3 is 1.80 bits per heavy atom. The first-order valence-corrected chi connectivity index (χ1v) is 9.65. The van der Waals surface area contributed by atoms with Crippen molar-refractivity contribution in [3.63, 3.8) is 0 Å². The topological polar surface area (TPSA) is 66.8 Å². The maximum atomic E-state index is 9.42. The van der Waals surface area contributed by atoms with E-state index in [9.17, 15) is 10.5 Å². The zero-order valence-electron chi connectivity index (χ0n) is 15.8. The lowest BCUT2D eigenvalue weighted by molar-refractivity contribution is 0.289. The van der Waals surface area contributed by atoms with Gasteiger partial charge in [0.25, 0.3) is 0 Å². The van der Waals surface area contributed by atoms with Gasteiger partial charge in [-0.2, -0.15) is 0 Å². The fourth-order valence-electron chi connectivity index (χ4n) is 2.65. The second-order valence-corrected chi connectivity index (χ2v) is 6.33. The first kappa shape index (κ1) is 21.2. The van der Waals surface area contributed by atoms with Crippen LogP contribution in [0.2, 0.25) is 0 Å². The van der Waals surface area contributed by atoms with E-state index in [2.05, 4.69) is 18.8 Å². The van der Waals surface area contributed by atoms with Gasteiger partial charge in [-0.15, -0.1) is 0 Å². The van der Waals surface area contributed by atoms with E-state index in [-0.39, 0.29) is 6.61 Å². The van der Waals surface area contributed by atoms with Crippen molar-refractivity contribution in [2.75, 3.05) is 19.8 Å². The molecule has 0 atom stereocenters. The fourth-order valence-corrected chi connectivity index (χ4v) is 2.65. The third-order valence-electron chi connectivity index (χ3n) is 4.11. The minimum Gasteiger partial charge on any atom is -0.486 e. The highest BCUT2D eigenvalue weighted by molar-refractivity contribution is 5.68. The number of unbranched alkanes of at least 4 members (excludes halogenated alkanes) is 6. The van der Waals surface area contributed by atoms with E-state index < -0.39 is 0 Å². The molecule has 0 aliphatic heterocycles. The summed E-state index contributed by atoms with van der Waals surface area (Å²) in [4.78, 5) is 3.39. The van der Waals surface area contributed by atoms with E-state index in [0.29, 0.717) is 36.8 Å². The van der Waals surface area contributed by atoms with Gasteiger partial charge in [0.15, 0.2) is 4.98 Å². The van der Waals surface area contributed by atoms with E-state index in [4.69, 9.17) is 9.47 Å². The lowest BCUT2D eigenvalue weighted by Crippen LogP contribution is -2.02. The summed E-state index contributed by atoms with van der Waals surface area (Å²) in [5, 5.41) is 18.6. The van der Waals surface area contributed by atoms with Crippen LogP contribution in [-0.2, 0) is 6.42 Å². The Hall–Kier alpha value is -1.80. The molecule has 0 bridgehead atoms. The molecule has 140 valence electrons. The van der Waals surface area contributed by atoms with Crippen molar-refractivity contribution < 1.29 is 14.6 Å². The monoisotopic (exact) mass is 349 g/mol. The van der Waals surface area contributed by atoms with Gasteiger partial charge in [0.2, 0.25) is 16.9 Å². The lowest BCUT2D eigenvalue weighted by Gasteiger charge is -2.10. The van der Waals surface area contributed by atoms with Crippen LogP contribution in [0.4, 0.5) is 5.69 Å². The highest BCUT2D eigenvalue weighted by Crippen LogP contribution is 2.39. The molecule has 0 saturated carbocycles. The number of aliphatic hydroxyl groups excluding tert-OH is 1. The zero-order valence-corrected chi connectivity index (χ0v) is 15.8. The first-order chi connectivity index (χ1) is 12.3. The van der Waals surface area contributed by atoms with Gasteiger partial charge in [0.1, 0.15) is 0 Å². The van der Waals surface area contributed by atoms with Gasteiger partial charge in [-0.05, 0) is 37.0 Å². The SMILES string of the molecule is CCCCCCOc1cc(CCO)cc(OCCCCCC)c1[N+]#N. The molecule has 25 heavy (non-hydrogen) atoms. The van der Waals surface area contributed by atoms with Crippen LogP contribution in [0, 0.1) is 5.39 Å². The number of hydrogen-bond acceptors (Lipinski definition) is 4. The first-order valence-electron chi connectivity index (χ1n) is 9.65. The molecular formula is C20H33N2O3+. The quantitative estimate of drug-likeness (QED) is 0.349. The summed E-state index contributed by atoms with van der Waals surface area (Å²) in [5.74, 6) is 1.04. The summed E-state index contributed by atoms with van der Waals surface area (Å²) in [6.07, 6.45) is 9.45. The molecular weight excluding hydrogens is 316 g/mol. The summed E-state index contributed by atoms with van der Waals surface area (Å²) in [5.41, 5.74) is 1.26. The summed E-state index contributed by atoms with van der Waals surface area (Å²) in [6.45, 7) is 5.57. The molecule has 0 aliphatic carbocycles. The van der Waals surface area contributed by atoms with Gasteiger partial charge >= 0.3 is 5.69 Å². The molecule has 0 saturated heterocycles. The van der Waals surface area contributed by atoms with E-state index in [1.54, 1.807) is 0 Å². The van der Waals surface area contributed by atoms with Crippen LogP contribution in [0.3, 0.4) is 0 Å². The van der Waals surface area contributed by atoms with Crippen molar-refractivity contribution >= 4 is 5.69 Å². The van der Waals surface area contributed by atoms with Crippen LogP contribution in [0.25, 0.3) is 4.98 Å². The molecule has 0 spiro atoms. The molecule has 0 heterocycles. The maximum Gasteiger partial charge on any atom is 0.467 e. The summed E-state index contributed by atoms with van der Waals surface area (Å²) in [6, 6.07) is 3.66. The zero-order chi connectivity index (χ0) is 18.3. The molecule has 5 heteroatoms. The van der Waals surface area contributed by atoms with Crippen LogP contribution >= 0.6 is 0 Å². The van der Waals surface area contributed by atoms with Crippen LogP contribution < -0.4 is 9.47 Å². The van der Waals surface area contributed by atoms with Crippen molar-refractivity contribution in [3.05, 3.63) is 22.7 Å². The molecule has 1 aromatic carbocycles. The number of rotatable bonds is 14. The van der Waals surface area contributed by atoms with Gasteiger partial charge in [-0.3, -0.25) is 0 Å². The number of ether oxygens (including phenoxy) is 2. The largest absolute Gasteiger partial charge is 0.486 e. The standard InChI is InChI=1S/C20H33N2O3/c1-3-5-7-9-13-24-18-15-17(11-12-23)16-19(20(18)22-21)25-14-10-8-6-4-2/h15-16,23H,3-14H2,1-2H3/q+1. The van der Waals surface area contributed by atoms with E-state index >= 15 is 0 Å². The summed E-state index contributed by atoms with van der Waals surface area (Å²) in [7, 11) is 0. The van der Waals surface area contributed by atoms with E-state index in [1.807, 2.05) is 12.1 Å². The number of aliphatic hydroxyl groups is 1. The Morgan fingerprint density at radius 1 is 0.880 bits per heavy atom. The number of benzene rings is 1. The highest BCUT2D eigenvalue weighted by atomic mass is 16.5. The number of diazo groups is 1. The normalized spacial score (nSPS) is 10.5. The Labute approximate surface area is 152 Å². The predicted molar refractivity (Wildman–Crippen MR) is 101 cm³/mol. The minimum atomic E-state index is 0.0570. The van der Waals surface area contributed by atoms with Crippen molar-refractivity contribution in [2.45, 2.75) is 71.6 Å². The average molecular weight is 349 g/mol. The molecule has 0 amide bonds. The fraction of sp³-hybridized carbons (Fsp3) is 0.700. The van der Waals surface area contributed by atoms with E-state index in [0.717, 1.165) is 31.2 Å². The smallest absolute Gasteiger partial charge is 0.467 e. The second kappa shape index (κ2) is 13.5. The van der Waals surface area contributed by atoms with Crippen molar-refractivity contribution in [3.8, 4) is 11.5 Å². The van der Waals surface area contributed by atoms with Crippen LogP contribution in [-0.4, -0.2) is 24.9 Å². The molecule has 5 nitrogen and oxygen atoms in total. The van der Waals surface area contributed by atoms with Gasteiger partial charge in [-0.1, -0.05) is 52.4 Å². The van der Waals surface area contributed by atoms with Crippen LogP contribution in [0.1, 0.15) is 70.8 Å². The molecule has 1 aromatic rings. The van der Waals surface area contributed by atoms with Crippen molar-refractivity contribution in [1.29, 1.82) is 5.39 Å². The van der Waals surface area contributed by atoms with E-state index in [1.165, 1.54) is 25.7 Å². The Kier molecular flexibility index (Phi) is 11.5. The average Bonchev–Trinajstić information content (AvgIpc) is 2.61. The van der Waals surface area contributed by atoms with Crippen LogP contribution in [0.5, 0.6) is 11.5 Å². The lowest BCUT2D eigenvalue weighted by atomic mass is 10.1. The molecule has 0 unspecified atom stereocenters. The Bertz CT molecular complexity index is 491. The highest BCUT2D eigenvalue weighted by Gasteiger charge is 2.25. The molecule has 0 fully saturated rings. The predicted octanol–water partition coefficient (Wildman–Crippen LogP) is 5.62. The molecule has 0 radical (unpaired) electrons. The minimum absolute atomic E-state index is 0.0570. The van der Waals surface area contributed by atoms with Crippen LogP contribution in [0.15, 0.2) is 12.1 Å². The summed E-state index contributed by atoms with van der Waals surface area (Å²) < 4.78 is 11.7. The second-order valence-electron chi connectivity index (χ2n) is 6.33. The number of nitrogens with zero attached hydrogens (tertiary/aromatic N) is 2. The maximum absolute atomic E-state index is 9.42. The van der Waals surface area contributed by atoms with Gasteiger partial charge in [-0.25, -0.2) is 0 Å². The Balaban J connectivity index is 2.77. The Morgan fingerprint density at radius 2 is 1.40 bits per heavy atom. The third-order valence-corrected chi connectivity index (χ3v) is 4.11. The van der Waals surface area contributed by atoms with Crippen molar-refractivity contribution in [1.82, 2.24) is 0 Å². The van der Waals surface area contributed by atoms with Gasteiger partial charge in [0.05, 0.1) is 13.2 Å². The molecule has 0 aliphatic rings.